The normalized spacial score (nSPS) is 17.9. The summed E-state index contributed by atoms with van der Waals surface area (Å²) in [6.45, 7) is -0.161. The Morgan fingerprint density at radius 2 is 1.68 bits per heavy atom. The molecule has 8 nitrogen and oxygen atoms in total. The van der Waals surface area contributed by atoms with Crippen molar-refractivity contribution in [2.24, 2.45) is 0 Å². The van der Waals surface area contributed by atoms with Crippen molar-refractivity contribution in [3.05, 3.63) is 23.4 Å². The maximum atomic E-state index is 11.6. The van der Waals surface area contributed by atoms with Crippen molar-refractivity contribution >= 4 is 13.8 Å². The van der Waals surface area contributed by atoms with E-state index >= 15 is 0 Å². The number of carbonyl (C=O) groups excluding carboxylic acids is 1. The summed E-state index contributed by atoms with van der Waals surface area (Å²) in [5, 5.41) is 0. The number of ether oxygens (including phenoxy) is 3. The van der Waals surface area contributed by atoms with Crippen molar-refractivity contribution < 1.29 is 37.1 Å². The fourth-order valence-corrected chi connectivity index (χ4v) is 1.90. The molecule has 0 aromatic rings. The molecule has 0 radical (unpaired) electrons. The second-order valence-electron chi connectivity index (χ2n) is 3.13. The molecule has 1 rings (SSSR count). The fraction of sp³-hybridized carbons (Fsp3) is 0.500. The number of hydrogen-bond acceptors (Lipinski definition) is 8. The van der Waals surface area contributed by atoms with Gasteiger partial charge in [-0.25, -0.2) is 9.36 Å². The molecule has 108 valence electrons. The summed E-state index contributed by atoms with van der Waals surface area (Å²) in [6.07, 6.45) is 1.35. The van der Waals surface area contributed by atoms with Crippen LogP contribution in [0.3, 0.4) is 0 Å². The predicted molar refractivity (Wildman–Crippen MR) is 62.8 cm³/mol. The lowest BCUT2D eigenvalue weighted by Gasteiger charge is -2.11. The van der Waals surface area contributed by atoms with E-state index in [9.17, 15) is 9.36 Å². The predicted octanol–water partition coefficient (Wildman–Crippen LogP) is 1.35. The van der Waals surface area contributed by atoms with Gasteiger partial charge in [0, 0.05) is 14.2 Å². The highest BCUT2D eigenvalue weighted by Gasteiger charge is 2.32. The highest BCUT2D eigenvalue weighted by molar-refractivity contribution is 7.48. The molecule has 1 aliphatic rings. The van der Waals surface area contributed by atoms with E-state index in [0.29, 0.717) is 0 Å². The number of hydrogen-bond donors (Lipinski definition) is 0. The SMILES string of the molecule is COC1=C(OC)/C(=C\COP(=O)(OC)OC)OC1=O. The smallest absolute Gasteiger partial charge is 0.474 e. The molecule has 0 bridgehead atoms. The zero-order chi connectivity index (χ0) is 14.5. The zero-order valence-electron chi connectivity index (χ0n) is 11.0. The Balaban J connectivity index is 2.77. The Morgan fingerprint density at radius 1 is 1.11 bits per heavy atom. The first kappa shape index (κ1) is 15.7. The van der Waals surface area contributed by atoms with Crippen molar-refractivity contribution in [3.8, 4) is 0 Å². The summed E-state index contributed by atoms with van der Waals surface area (Å²) >= 11 is 0. The molecule has 1 heterocycles. The van der Waals surface area contributed by atoms with Gasteiger partial charge in [-0.1, -0.05) is 0 Å². The van der Waals surface area contributed by atoms with Crippen molar-refractivity contribution in [2.45, 2.75) is 0 Å². The highest BCUT2D eigenvalue weighted by Crippen LogP contribution is 2.47. The van der Waals surface area contributed by atoms with Gasteiger partial charge in [-0.05, 0) is 6.08 Å². The Hall–Kier alpha value is -1.34. The van der Waals surface area contributed by atoms with Crippen LogP contribution >= 0.6 is 7.82 Å². The van der Waals surface area contributed by atoms with Gasteiger partial charge in [0.05, 0.1) is 20.8 Å². The summed E-state index contributed by atoms with van der Waals surface area (Å²) in [4.78, 5) is 11.4. The van der Waals surface area contributed by atoms with Crippen LogP contribution in [0.5, 0.6) is 0 Å². The fourth-order valence-electron chi connectivity index (χ4n) is 1.29. The second kappa shape index (κ2) is 6.72. The molecule has 19 heavy (non-hydrogen) atoms. The highest BCUT2D eigenvalue weighted by atomic mass is 31.2. The average Bonchev–Trinajstić information content (AvgIpc) is 2.73. The van der Waals surface area contributed by atoms with Gasteiger partial charge < -0.3 is 14.2 Å². The first-order valence-electron chi connectivity index (χ1n) is 5.12. The molecule has 1 aliphatic heterocycles. The lowest BCUT2D eigenvalue weighted by molar-refractivity contribution is -0.136. The minimum atomic E-state index is -3.58. The van der Waals surface area contributed by atoms with E-state index in [0.717, 1.165) is 0 Å². The first-order chi connectivity index (χ1) is 9.01. The molecule has 0 saturated heterocycles. The maximum absolute atomic E-state index is 11.6. The van der Waals surface area contributed by atoms with Crippen LogP contribution in [0.1, 0.15) is 0 Å². The van der Waals surface area contributed by atoms with Crippen LogP contribution < -0.4 is 0 Å². The molecule has 0 saturated carbocycles. The van der Waals surface area contributed by atoms with E-state index < -0.39 is 13.8 Å². The number of methoxy groups -OCH3 is 2. The third-order valence-electron chi connectivity index (χ3n) is 2.17. The summed E-state index contributed by atoms with van der Waals surface area (Å²) in [5.74, 6) is -0.466. The van der Waals surface area contributed by atoms with Crippen molar-refractivity contribution in [1.29, 1.82) is 0 Å². The van der Waals surface area contributed by atoms with E-state index in [1.807, 2.05) is 0 Å². The van der Waals surface area contributed by atoms with Crippen molar-refractivity contribution in [3.63, 3.8) is 0 Å². The molecule has 0 unspecified atom stereocenters. The Morgan fingerprint density at radius 3 is 2.16 bits per heavy atom. The number of rotatable bonds is 7. The summed E-state index contributed by atoms with van der Waals surface area (Å²) < 4.78 is 40.4. The Kier molecular flexibility index (Phi) is 5.56. The van der Waals surface area contributed by atoms with Crippen LogP contribution in [0.2, 0.25) is 0 Å². The quantitative estimate of drug-likeness (QED) is 0.513. The van der Waals surface area contributed by atoms with Gasteiger partial charge in [-0.2, -0.15) is 0 Å². The monoisotopic (exact) mass is 294 g/mol. The van der Waals surface area contributed by atoms with Gasteiger partial charge in [0.2, 0.25) is 5.76 Å². The van der Waals surface area contributed by atoms with E-state index in [1.165, 1.54) is 34.5 Å². The lowest BCUT2D eigenvalue weighted by Crippen LogP contribution is -2.00. The average molecular weight is 294 g/mol. The van der Waals surface area contributed by atoms with Gasteiger partial charge in [0.15, 0.2) is 5.76 Å². The summed E-state index contributed by atoms with van der Waals surface area (Å²) in [6, 6.07) is 0. The first-order valence-corrected chi connectivity index (χ1v) is 6.58. The summed E-state index contributed by atoms with van der Waals surface area (Å²) in [5.41, 5.74) is 0. The van der Waals surface area contributed by atoms with Gasteiger partial charge in [0.1, 0.15) is 0 Å². The van der Waals surface area contributed by atoms with Crippen LogP contribution in [0.15, 0.2) is 23.4 Å². The number of phosphoric ester groups is 1. The van der Waals surface area contributed by atoms with Crippen LogP contribution in [0.4, 0.5) is 0 Å². The molecule has 0 aliphatic carbocycles. The van der Waals surface area contributed by atoms with E-state index in [4.69, 9.17) is 18.7 Å². The Labute approximate surface area is 110 Å². The lowest BCUT2D eigenvalue weighted by atomic mass is 10.3. The largest absolute Gasteiger partial charge is 0.490 e. The minimum absolute atomic E-state index is 0.0459. The van der Waals surface area contributed by atoms with Crippen LogP contribution in [-0.2, 0) is 37.1 Å². The van der Waals surface area contributed by atoms with Crippen LogP contribution in [0, 0.1) is 0 Å². The molecule has 9 heteroatoms. The van der Waals surface area contributed by atoms with E-state index in [2.05, 4.69) is 9.05 Å². The van der Waals surface area contributed by atoms with Crippen molar-refractivity contribution in [1.82, 2.24) is 0 Å². The number of phosphoric acid groups is 1. The topological polar surface area (TPSA) is 89.5 Å². The molecule has 0 fully saturated rings. The third kappa shape index (κ3) is 3.57. The third-order valence-corrected chi connectivity index (χ3v) is 3.53. The maximum Gasteiger partial charge on any atom is 0.474 e. The molecule has 0 atom stereocenters. The zero-order valence-corrected chi connectivity index (χ0v) is 11.9. The Bertz CT molecular complexity index is 444. The molecular weight excluding hydrogens is 279 g/mol. The van der Waals surface area contributed by atoms with E-state index in [1.54, 1.807) is 0 Å². The minimum Gasteiger partial charge on any atom is -0.490 e. The molecule has 0 amide bonds. The van der Waals surface area contributed by atoms with Crippen LogP contribution in [-0.4, -0.2) is 41.0 Å². The standard InChI is InChI=1S/C10H15O8P/c1-13-8-7(18-10(11)9(8)14-2)5-6-17-19(12,15-3)16-4/h5H,6H2,1-4H3/b7-5+. The summed E-state index contributed by atoms with van der Waals surface area (Å²) in [7, 11) is 1.49. The van der Waals surface area contributed by atoms with Gasteiger partial charge in [0.25, 0.3) is 5.76 Å². The molecule has 0 N–H and O–H groups in total. The second-order valence-corrected chi connectivity index (χ2v) is 5.02. The van der Waals surface area contributed by atoms with Gasteiger partial charge >= 0.3 is 13.8 Å². The molecule has 0 aromatic carbocycles. The number of cyclic esters (lactones) is 1. The molecular formula is C10H15O8P. The van der Waals surface area contributed by atoms with Crippen molar-refractivity contribution in [2.75, 3.05) is 35.0 Å². The number of carbonyl (C=O) groups is 1. The van der Waals surface area contributed by atoms with Gasteiger partial charge in [-0.3, -0.25) is 13.6 Å². The molecule has 0 spiro atoms. The molecule has 0 aromatic heterocycles. The van der Waals surface area contributed by atoms with Gasteiger partial charge in [-0.15, -0.1) is 0 Å². The van der Waals surface area contributed by atoms with E-state index in [-0.39, 0.29) is 23.9 Å². The number of esters is 1. The van der Waals surface area contributed by atoms with Crippen LogP contribution in [0.25, 0.3) is 0 Å².